The van der Waals surface area contributed by atoms with Crippen LogP contribution in [0.15, 0.2) is 0 Å². The second kappa shape index (κ2) is 47.8. The minimum absolute atomic E-state index is 0.318. The lowest BCUT2D eigenvalue weighted by molar-refractivity contribution is -0.402. The number of carboxylic acids is 2. The molecule has 0 bridgehead atoms. The molecule has 30 unspecified atom stereocenters. The van der Waals surface area contributed by atoms with Crippen LogP contribution in [0.25, 0.3) is 0 Å². The van der Waals surface area contributed by atoms with Gasteiger partial charge in [0.15, 0.2) is 50.3 Å². The van der Waals surface area contributed by atoms with Gasteiger partial charge in [-0.05, 0) is 6.92 Å². The molecule has 11 heterocycles. The average molecular weight is 1980 g/mol. The van der Waals surface area contributed by atoms with Gasteiger partial charge in [0.1, 0.15) is 208 Å². The van der Waals surface area contributed by atoms with Crippen LogP contribution in [-0.4, -0.2) is 575 Å². The van der Waals surface area contributed by atoms with E-state index >= 15 is 0 Å². The number of nitrogens with two attached hydrogens (primary N) is 2. The third-order valence-electron chi connectivity index (χ3n) is 26.9. The first-order chi connectivity index (χ1) is 63.7. The van der Waals surface area contributed by atoms with Gasteiger partial charge in [-0.2, -0.15) is 0 Å². The van der Waals surface area contributed by atoms with E-state index in [1.165, 1.54) is 20.8 Å². The van der Waals surface area contributed by atoms with Crippen molar-refractivity contribution in [3.63, 3.8) is 0 Å². The number of hydrogen-bond acceptors (Lipinski definition) is 55. The quantitative estimate of drug-likeness (QED) is 0.0255. The number of aliphatic hydroxyl groups is 29. The van der Waals surface area contributed by atoms with Crippen LogP contribution in [0, 0.1) is 23.7 Å². The minimum atomic E-state index is -2.97. The highest BCUT2D eigenvalue weighted by Gasteiger charge is 2.64. The maximum absolute atomic E-state index is 12.8. The molecule has 11 fully saturated rings. The third-order valence-corrected chi connectivity index (χ3v) is 26.9. The first-order valence-corrected chi connectivity index (χ1v) is 43.9. The number of carboxylic acid groups (broad SMARTS) is 2. The van der Waals surface area contributed by atoms with Gasteiger partial charge in [-0.15, -0.1) is 0 Å². The van der Waals surface area contributed by atoms with Crippen LogP contribution in [0.1, 0.15) is 47.5 Å². The summed E-state index contributed by atoms with van der Waals surface area (Å²) in [6, 6.07) is -3.17. The highest BCUT2D eigenvalue weighted by molar-refractivity contribution is 5.97. The van der Waals surface area contributed by atoms with Crippen molar-refractivity contribution in [2.24, 2.45) is 35.1 Å². The Kier molecular flexibility index (Phi) is 39.8. The summed E-state index contributed by atoms with van der Waals surface area (Å²) in [5.41, 5.74) is 11.9. The van der Waals surface area contributed by atoms with Gasteiger partial charge in [0.2, 0.25) is 0 Å². The molecule has 782 valence electrons. The van der Waals surface area contributed by atoms with E-state index in [0.29, 0.717) is 0 Å². The van der Waals surface area contributed by atoms with E-state index in [9.17, 15) is 168 Å². The van der Waals surface area contributed by atoms with Gasteiger partial charge in [0.05, 0.1) is 127 Å². The normalized spacial score (nSPS) is 50.7. The van der Waals surface area contributed by atoms with Crippen LogP contribution in [0.2, 0.25) is 0 Å². The summed E-state index contributed by atoms with van der Waals surface area (Å²) in [6.45, 7) is -4.23. The van der Waals surface area contributed by atoms with Crippen LogP contribution >= 0.6 is 0 Å². The fourth-order valence-electron chi connectivity index (χ4n) is 18.0. The summed E-state index contributed by atoms with van der Waals surface area (Å²) in [6.07, 6.45) is -98.4. The van der Waals surface area contributed by atoms with Crippen LogP contribution in [-0.2, 0) is 114 Å². The van der Waals surface area contributed by atoms with Crippen molar-refractivity contribution >= 4 is 20.0 Å². The summed E-state index contributed by atoms with van der Waals surface area (Å²) in [5, 5.41) is 345. The first-order valence-electron chi connectivity index (χ1n) is 43.9. The zero-order valence-electron chi connectivity index (χ0n) is 73.3. The number of aliphatic carboxylic acids is 2. The zero-order chi connectivity index (χ0) is 99.7. The van der Waals surface area contributed by atoms with Crippen molar-refractivity contribution in [2.45, 2.75) is 372 Å². The van der Waals surface area contributed by atoms with Crippen LogP contribution in [0.5, 0.6) is 0 Å². The smallest absolute Gasteiger partial charge is 0.364 e. The molecule has 0 amide bonds. The monoisotopic (exact) mass is 1970 g/mol. The van der Waals surface area contributed by atoms with Crippen LogP contribution in [0.4, 0.5) is 0 Å². The minimum Gasteiger partial charge on any atom is -0.477 e. The summed E-state index contributed by atoms with van der Waals surface area (Å²) in [4.78, 5) is 25.7. The maximum Gasteiger partial charge on any atom is 0.364 e. The summed E-state index contributed by atoms with van der Waals surface area (Å²) < 4.78 is 131. The number of ether oxygens (including phenoxy) is 21. The molecule has 11 aliphatic heterocycles. The van der Waals surface area contributed by atoms with Crippen LogP contribution < -0.4 is 11.5 Å². The molecule has 0 aromatic heterocycles. The molecule has 135 heavy (non-hydrogen) atoms. The van der Waals surface area contributed by atoms with E-state index in [1.807, 2.05) is 0 Å². The van der Waals surface area contributed by atoms with E-state index < -0.39 is 439 Å². The fourth-order valence-corrected chi connectivity index (χ4v) is 18.0. The van der Waals surface area contributed by atoms with Crippen molar-refractivity contribution in [1.29, 1.82) is 0 Å². The third kappa shape index (κ3) is 23.7. The predicted octanol–water partition coefficient (Wildman–Crippen LogP) is -20.4. The molecule has 11 saturated heterocycles. The van der Waals surface area contributed by atoms with Gasteiger partial charge in [0, 0.05) is 36.5 Å². The Bertz CT molecular complexity index is 3640. The van der Waals surface area contributed by atoms with Crippen molar-refractivity contribution in [3.8, 4) is 0 Å². The molecular weight excluding hydrogens is 1840 g/mol. The van der Waals surface area contributed by atoms with Crippen molar-refractivity contribution < 1.29 is 272 Å². The van der Waals surface area contributed by atoms with Crippen molar-refractivity contribution in [1.82, 2.24) is 0 Å². The molecule has 58 heteroatoms. The highest BCUT2D eigenvalue weighted by Crippen LogP contribution is 2.44. The van der Waals surface area contributed by atoms with E-state index in [-0.39, 0.29) is 6.61 Å². The molecule has 35 N–H and O–H groups in total. The van der Waals surface area contributed by atoms with Gasteiger partial charge in [-0.1, -0.05) is 27.7 Å². The van der Waals surface area contributed by atoms with E-state index in [4.69, 9.17) is 124 Å². The highest BCUT2D eigenvalue weighted by atomic mass is 16.8. The number of hydrogen-bond donors (Lipinski definition) is 33. The number of carbonyl (C=O) groups is 2. The van der Waals surface area contributed by atoms with E-state index in [1.54, 1.807) is 13.8 Å². The Balaban J connectivity index is 0.832. The molecule has 0 aromatic rings. The molecular formula is C77H131BN2O55. The van der Waals surface area contributed by atoms with E-state index in [2.05, 4.69) is 0 Å². The SMILES string of the molecule is [B]OCC1OC(C)[C@@H](C)[C@@H](O)C1OC1OC(CO)[C@@H](OC2OC(COC3OC(CO)C(O)[C@H](O)[C@H]3OC3OC(CO)C(OC4OC(COC5(C(=O)O)C[C@@H](O)[C@@H](N)C([C@@H](O)[C@H](O)CO)O5)C(O)[C@H](O)[C@@H]4O)[C@H](O)[C@@H]3C)C(O)[C@H](OC3OC(CO)C(O)[C@@H](O)[C@@H]3OC3OC(CO)C(OC4OC(COC5(C(=O)O)C[C@@H](O)[C@@H](N)C([C@@H](O)[C@H](O)CO)O5)C(O)[C@H](O)[C@@H]4O)[C@H](O)[C@@H]3C)[C@H]2O)[C@H](O)[C@@H]1C. The largest absolute Gasteiger partial charge is 0.477 e. The standard InChI is InChI=1S/C77H131BN2O55/c1-19-23(5)118-36(18-117-78)60(39(19)92)127-66-20(2)40(93)59(32(14-87)121-66)130-71-56(109)63(131-73-65(53(106)46(99)29(11-84)120-73)133-68-22(4)42(95)58(31(13-86)123-68)129-70-55(108)51(104)48(101)35(126-70)17-116-77(75(112)113)7-25(89)38(80)62(135-77)44(97)27(91)9-82)49(102)33(124-71)15-114-72-64(52(105)45(98)28(10-83)119-72)132-67-21(3)41(94)57(30(12-85)122-67)128-69-54(107)50(103)47(100)34(125-69)16-115-76(74(110)111)6-24(88)37(79)61(134-76)43(96)26(90)8-81/h19-73,81-109H,6-18,79-80H2,1-5H3,(H,110,111)(H,112,113)/t19-,20+,21+,22+,23?,24-,25-,26-,27-,28?,29?,30?,31?,32?,33?,34?,35?,36?,37-,38-,39-,40-,41-,42-,43+,44+,45?,46?,47?,48?,49?,50+,51+,52+,53-,54+,55+,56-,57?,58?,59-,60?,61?,62?,63+,64-,65+,66?,67?,68?,69?,70?,71?,72?,73?,76?,77?/m1/s1. The topological polar surface area (TPSA) is 916 Å². The molecule has 0 saturated carbocycles. The molecule has 0 spiro atoms. The van der Waals surface area contributed by atoms with Crippen molar-refractivity contribution in [2.75, 3.05) is 72.7 Å². The maximum atomic E-state index is 12.8. The Morgan fingerprint density at radius 2 is 0.630 bits per heavy atom. The lowest BCUT2D eigenvalue weighted by Gasteiger charge is -2.51. The van der Waals surface area contributed by atoms with Crippen molar-refractivity contribution in [3.05, 3.63) is 0 Å². The molecule has 0 aliphatic carbocycles. The summed E-state index contributed by atoms with van der Waals surface area (Å²) >= 11 is 0. The lowest BCUT2D eigenvalue weighted by Crippen LogP contribution is -2.68. The average Bonchev–Trinajstić information content (AvgIpc) is 0.766. The Morgan fingerprint density at radius 3 is 0.993 bits per heavy atom. The van der Waals surface area contributed by atoms with Gasteiger partial charge in [0.25, 0.3) is 19.6 Å². The van der Waals surface area contributed by atoms with Crippen LogP contribution in [0.3, 0.4) is 0 Å². The Morgan fingerprint density at radius 1 is 0.326 bits per heavy atom. The zero-order valence-corrected chi connectivity index (χ0v) is 73.3. The summed E-state index contributed by atoms with van der Waals surface area (Å²) in [5.74, 6) is -14.7. The first kappa shape index (κ1) is 112. The molecule has 11 rings (SSSR count). The molecule has 2 radical (unpaired) electrons. The Labute approximate surface area is 769 Å². The Hall–Kier alpha value is -3.12. The van der Waals surface area contributed by atoms with E-state index in [0.717, 1.165) is 0 Å². The van der Waals surface area contributed by atoms with Gasteiger partial charge >= 0.3 is 11.9 Å². The fraction of sp³-hybridized carbons (Fsp3) is 0.974. The second-order valence-corrected chi connectivity index (χ2v) is 35.9. The lowest BCUT2D eigenvalue weighted by atomic mass is 9.88. The molecule has 57 nitrogen and oxygen atoms in total. The van der Waals surface area contributed by atoms with Gasteiger partial charge in [-0.25, -0.2) is 9.59 Å². The molecule has 11 aliphatic rings. The van der Waals surface area contributed by atoms with Gasteiger partial charge in [-0.3, -0.25) is 0 Å². The number of rotatable bonds is 38. The molecule has 57 atom stereocenters. The molecule has 0 aromatic carbocycles. The number of aliphatic hydroxyl groups excluding tert-OH is 29. The summed E-state index contributed by atoms with van der Waals surface area (Å²) in [7, 11) is 5.43. The predicted molar refractivity (Wildman–Crippen MR) is 421 cm³/mol. The second-order valence-electron chi connectivity index (χ2n) is 35.9. The van der Waals surface area contributed by atoms with Gasteiger partial charge < -0.3 is 274 Å².